The molecule has 2 aromatic carbocycles. The SMILES string of the molecule is Cc1nc2ccccc2cc1C(=O)NN=Cc1ccc(-c2ccccc2)o1. The monoisotopic (exact) mass is 355 g/mol. The third-order valence-electron chi connectivity index (χ3n) is 4.20. The summed E-state index contributed by atoms with van der Waals surface area (Å²) in [7, 11) is 0. The molecule has 1 amide bonds. The van der Waals surface area contributed by atoms with Crippen molar-refractivity contribution in [1.29, 1.82) is 0 Å². The normalized spacial score (nSPS) is 11.1. The summed E-state index contributed by atoms with van der Waals surface area (Å²) < 4.78 is 5.73. The number of nitrogens with zero attached hydrogens (tertiary/aromatic N) is 2. The van der Waals surface area contributed by atoms with Crippen LogP contribution in [-0.4, -0.2) is 17.1 Å². The minimum Gasteiger partial charge on any atom is -0.455 e. The number of hydrazone groups is 1. The van der Waals surface area contributed by atoms with Crippen LogP contribution in [0.2, 0.25) is 0 Å². The fourth-order valence-corrected chi connectivity index (χ4v) is 2.84. The van der Waals surface area contributed by atoms with Crippen molar-refractivity contribution in [1.82, 2.24) is 10.4 Å². The minimum absolute atomic E-state index is 0.308. The highest BCUT2D eigenvalue weighted by atomic mass is 16.3. The Bertz CT molecular complexity index is 1130. The molecule has 5 nitrogen and oxygen atoms in total. The van der Waals surface area contributed by atoms with Gasteiger partial charge in [-0.15, -0.1) is 0 Å². The van der Waals surface area contributed by atoms with E-state index in [1.165, 1.54) is 6.21 Å². The van der Waals surface area contributed by atoms with Crippen LogP contribution in [0.5, 0.6) is 0 Å². The first kappa shape index (κ1) is 16.7. The lowest BCUT2D eigenvalue weighted by Gasteiger charge is -2.05. The van der Waals surface area contributed by atoms with Gasteiger partial charge >= 0.3 is 0 Å². The maximum atomic E-state index is 12.4. The highest BCUT2D eigenvalue weighted by molar-refractivity contribution is 5.98. The lowest BCUT2D eigenvalue weighted by Crippen LogP contribution is -2.19. The second kappa shape index (κ2) is 7.25. The van der Waals surface area contributed by atoms with Gasteiger partial charge in [-0.1, -0.05) is 48.5 Å². The Morgan fingerprint density at radius 1 is 1.04 bits per heavy atom. The number of para-hydroxylation sites is 1. The van der Waals surface area contributed by atoms with Crippen LogP contribution in [-0.2, 0) is 0 Å². The van der Waals surface area contributed by atoms with Crippen molar-refractivity contribution < 1.29 is 9.21 Å². The van der Waals surface area contributed by atoms with Gasteiger partial charge < -0.3 is 4.42 Å². The standard InChI is InChI=1S/C22H17N3O2/c1-15-19(13-17-9-5-6-10-20(17)24-15)22(26)25-23-14-18-11-12-21(27-18)16-7-3-2-4-8-16/h2-14H,1H3,(H,25,26). The van der Waals surface area contributed by atoms with E-state index in [2.05, 4.69) is 15.5 Å². The van der Waals surface area contributed by atoms with E-state index < -0.39 is 0 Å². The Morgan fingerprint density at radius 2 is 1.81 bits per heavy atom. The first-order valence-corrected chi connectivity index (χ1v) is 8.56. The molecule has 0 aliphatic rings. The van der Waals surface area contributed by atoms with Crippen LogP contribution >= 0.6 is 0 Å². The molecular weight excluding hydrogens is 338 g/mol. The van der Waals surface area contributed by atoms with E-state index in [4.69, 9.17) is 4.42 Å². The summed E-state index contributed by atoms with van der Waals surface area (Å²) in [4.78, 5) is 16.9. The lowest BCUT2D eigenvalue weighted by atomic mass is 10.1. The molecule has 0 saturated carbocycles. The summed E-state index contributed by atoms with van der Waals surface area (Å²) in [6.45, 7) is 1.81. The maximum absolute atomic E-state index is 12.4. The topological polar surface area (TPSA) is 67.5 Å². The van der Waals surface area contributed by atoms with Crippen molar-refractivity contribution in [3.63, 3.8) is 0 Å². The van der Waals surface area contributed by atoms with Gasteiger partial charge in [0.2, 0.25) is 0 Å². The zero-order chi connectivity index (χ0) is 18.6. The summed E-state index contributed by atoms with van der Waals surface area (Å²) in [5.41, 5.74) is 5.53. The number of benzene rings is 2. The average Bonchev–Trinajstić information content (AvgIpc) is 3.17. The number of furan rings is 1. The fraction of sp³-hybridized carbons (Fsp3) is 0.0455. The van der Waals surface area contributed by atoms with Crippen molar-refractivity contribution in [3.8, 4) is 11.3 Å². The first-order chi connectivity index (χ1) is 13.2. The van der Waals surface area contributed by atoms with Crippen molar-refractivity contribution in [3.05, 3.63) is 89.8 Å². The number of rotatable bonds is 4. The average molecular weight is 355 g/mol. The highest BCUT2D eigenvalue weighted by Gasteiger charge is 2.11. The van der Waals surface area contributed by atoms with Crippen LogP contribution in [0.1, 0.15) is 21.8 Å². The smallest absolute Gasteiger partial charge is 0.273 e. The second-order valence-electron chi connectivity index (χ2n) is 6.08. The number of fused-ring (bicyclic) bond motifs is 1. The molecule has 132 valence electrons. The fourth-order valence-electron chi connectivity index (χ4n) is 2.84. The molecule has 0 radical (unpaired) electrons. The van der Waals surface area contributed by atoms with E-state index in [9.17, 15) is 4.79 Å². The van der Waals surface area contributed by atoms with Gasteiger partial charge in [-0.05, 0) is 31.2 Å². The van der Waals surface area contributed by atoms with Crippen molar-refractivity contribution in [2.75, 3.05) is 0 Å². The molecule has 27 heavy (non-hydrogen) atoms. The maximum Gasteiger partial charge on any atom is 0.273 e. The number of amides is 1. The molecule has 0 fully saturated rings. The van der Waals surface area contributed by atoms with Crippen LogP contribution in [0.3, 0.4) is 0 Å². The Kier molecular flexibility index (Phi) is 4.49. The van der Waals surface area contributed by atoms with Crippen LogP contribution in [0.4, 0.5) is 0 Å². The third-order valence-corrected chi connectivity index (χ3v) is 4.20. The number of aromatic nitrogens is 1. The Hall–Kier alpha value is -3.73. The quantitative estimate of drug-likeness (QED) is 0.431. The van der Waals surface area contributed by atoms with Gasteiger partial charge in [0.05, 0.1) is 23.0 Å². The number of carbonyl (C=O) groups is 1. The molecule has 0 spiro atoms. The Morgan fingerprint density at radius 3 is 2.67 bits per heavy atom. The number of nitrogens with one attached hydrogen (secondary N) is 1. The molecule has 0 atom stereocenters. The molecule has 0 bridgehead atoms. The number of aryl methyl sites for hydroxylation is 1. The minimum atomic E-state index is -0.308. The molecule has 2 heterocycles. The van der Waals surface area contributed by atoms with E-state index in [0.717, 1.165) is 22.2 Å². The van der Waals surface area contributed by atoms with Crippen LogP contribution in [0.15, 0.2) is 82.3 Å². The van der Waals surface area contributed by atoms with E-state index in [-0.39, 0.29) is 5.91 Å². The van der Waals surface area contributed by atoms with Gasteiger partial charge in [0, 0.05) is 10.9 Å². The van der Waals surface area contributed by atoms with Gasteiger partial charge in [-0.3, -0.25) is 9.78 Å². The molecule has 0 aliphatic heterocycles. The van der Waals surface area contributed by atoms with Gasteiger partial charge in [-0.2, -0.15) is 5.10 Å². The zero-order valence-electron chi connectivity index (χ0n) is 14.7. The number of pyridine rings is 1. The highest BCUT2D eigenvalue weighted by Crippen LogP contribution is 2.21. The number of carbonyl (C=O) groups excluding carboxylic acids is 1. The van der Waals surface area contributed by atoms with Crippen molar-refractivity contribution >= 4 is 23.0 Å². The van der Waals surface area contributed by atoms with E-state index in [0.29, 0.717) is 17.0 Å². The third kappa shape index (κ3) is 3.62. The van der Waals surface area contributed by atoms with Gasteiger partial charge in [0.1, 0.15) is 11.5 Å². The first-order valence-electron chi connectivity index (χ1n) is 8.56. The van der Waals surface area contributed by atoms with Crippen LogP contribution in [0, 0.1) is 6.92 Å². The molecular formula is C22H17N3O2. The van der Waals surface area contributed by atoms with Crippen molar-refractivity contribution in [2.24, 2.45) is 5.10 Å². The molecule has 5 heteroatoms. The van der Waals surface area contributed by atoms with E-state index in [1.807, 2.05) is 73.7 Å². The molecule has 0 saturated heterocycles. The zero-order valence-corrected chi connectivity index (χ0v) is 14.7. The lowest BCUT2D eigenvalue weighted by molar-refractivity contribution is 0.0954. The summed E-state index contributed by atoms with van der Waals surface area (Å²) in [6.07, 6.45) is 1.48. The molecule has 2 aromatic heterocycles. The summed E-state index contributed by atoms with van der Waals surface area (Å²) in [5.74, 6) is 0.998. The van der Waals surface area contributed by atoms with Gasteiger partial charge in [0.25, 0.3) is 5.91 Å². The largest absolute Gasteiger partial charge is 0.455 e. The number of hydrogen-bond acceptors (Lipinski definition) is 4. The Labute approximate surface area is 156 Å². The van der Waals surface area contributed by atoms with Gasteiger partial charge in [-0.25, -0.2) is 5.43 Å². The summed E-state index contributed by atoms with van der Waals surface area (Å²) in [5, 5.41) is 4.91. The van der Waals surface area contributed by atoms with Crippen LogP contribution < -0.4 is 5.43 Å². The Balaban J connectivity index is 1.48. The molecule has 1 N–H and O–H groups in total. The molecule has 0 aliphatic carbocycles. The second-order valence-corrected chi connectivity index (χ2v) is 6.08. The molecule has 4 aromatic rings. The predicted octanol–water partition coefficient (Wildman–Crippen LogP) is 4.57. The van der Waals surface area contributed by atoms with E-state index in [1.54, 1.807) is 6.07 Å². The van der Waals surface area contributed by atoms with Gasteiger partial charge in [0.15, 0.2) is 0 Å². The van der Waals surface area contributed by atoms with Crippen LogP contribution in [0.25, 0.3) is 22.2 Å². The molecule has 0 unspecified atom stereocenters. The van der Waals surface area contributed by atoms with Crippen molar-refractivity contribution in [2.45, 2.75) is 6.92 Å². The number of hydrogen-bond donors (Lipinski definition) is 1. The summed E-state index contributed by atoms with van der Waals surface area (Å²) in [6, 6.07) is 23.0. The molecule has 4 rings (SSSR count). The predicted molar refractivity (Wildman–Crippen MR) is 106 cm³/mol. The summed E-state index contributed by atoms with van der Waals surface area (Å²) >= 11 is 0. The van der Waals surface area contributed by atoms with E-state index >= 15 is 0 Å².